The first-order valence-corrected chi connectivity index (χ1v) is 12.3. The van der Waals surface area contributed by atoms with E-state index in [1.54, 1.807) is 60.7 Å². The van der Waals surface area contributed by atoms with Gasteiger partial charge in [0.1, 0.15) is 0 Å². The molecule has 1 fully saturated rings. The van der Waals surface area contributed by atoms with Gasteiger partial charge in [0.2, 0.25) is 0 Å². The predicted molar refractivity (Wildman–Crippen MR) is 146 cm³/mol. The third-order valence-corrected chi connectivity index (χ3v) is 6.53. The van der Waals surface area contributed by atoms with Crippen molar-refractivity contribution in [1.29, 1.82) is 0 Å². The monoisotopic (exact) mass is 505 g/mol. The molecule has 1 aliphatic rings. The number of nitrogens with one attached hydrogen (secondary N) is 2. The lowest BCUT2D eigenvalue weighted by Crippen LogP contribution is -2.43. The molecule has 1 aliphatic heterocycles. The van der Waals surface area contributed by atoms with E-state index in [-0.39, 0.29) is 18.4 Å². The lowest BCUT2D eigenvalue weighted by atomic mass is 9.99. The molecule has 2 atom stereocenters. The van der Waals surface area contributed by atoms with Gasteiger partial charge in [-0.25, -0.2) is 4.79 Å². The Hall–Kier alpha value is -4.91. The number of anilines is 2. The Morgan fingerprint density at radius 1 is 0.763 bits per heavy atom. The average molecular weight is 506 g/mol. The molecular formula is C31H27N3O4. The summed E-state index contributed by atoms with van der Waals surface area (Å²) in [5.74, 6) is -0.572. The van der Waals surface area contributed by atoms with Crippen molar-refractivity contribution in [1.82, 2.24) is 4.90 Å². The van der Waals surface area contributed by atoms with E-state index in [1.807, 2.05) is 55.5 Å². The molecule has 0 spiro atoms. The van der Waals surface area contributed by atoms with Crippen molar-refractivity contribution in [2.24, 2.45) is 0 Å². The van der Waals surface area contributed by atoms with Crippen LogP contribution in [0.2, 0.25) is 0 Å². The Kier molecular flexibility index (Phi) is 7.17. The normalized spacial score (nSPS) is 16.6. The zero-order valence-corrected chi connectivity index (χ0v) is 20.8. The fraction of sp³-hybridized carbons (Fsp3) is 0.129. The summed E-state index contributed by atoms with van der Waals surface area (Å²) >= 11 is 0. The van der Waals surface area contributed by atoms with Crippen molar-refractivity contribution in [3.05, 3.63) is 131 Å². The largest absolute Gasteiger partial charge is 0.438 e. The summed E-state index contributed by atoms with van der Waals surface area (Å²) in [4.78, 5) is 40.6. The maximum absolute atomic E-state index is 13.6. The van der Waals surface area contributed by atoms with Gasteiger partial charge in [0.25, 0.3) is 11.8 Å². The molecule has 2 N–H and O–H groups in total. The maximum atomic E-state index is 13.6. The van der Waals surface area contributed by atoms with Crippen molar-refractivity contribution < 1.29 is 19.1 Å². The van der Waals surface area contributed by atoms with E-state index in [9.17, 15) is 14.4 Å². The molecule has 0 saturated carbocycles. The van der Waals surface area contributed by atoms with Crippen LogP contribution < -0.4 is 10.6 Å². The number of cyclic esters (lactones) is 1. The highest BCUT2D eigenvalue weighted by Crippen LogP contribution is 2.35. The molecule has 0 aliphatic carbocycles. The number of carbonyl (C=O) groups is 3. The van der Waals surface area contributed by atoms with Crippen LogP contribution in [0, 0.1) is 6.92 Å². The van der Waals surface area contributed by atoms with Crippen LogP contribution in [-0.2, 0) is 16.1 Å². The van der Waals surface area contributed by atoms with Gasteiger partial charge in [-0.2, -0.15) is 0 Å². The molecule has 0 radical (unpaired) electrons. The number of aryl methyl sites for hydroxylation is 1. The Morgan fingerprint density at radius 2 is 1.37 bits per heavy atom. The van der Waals surface area contributed by atoms with Crippen LogP contribution in [0.3, 0.4) is 0 Å². The summed E-state index contributed by atoms with van der Waals surface area (Å²) in [7, 11) is 0. The number of benzene rings is 4. The highest BCUT2D eigenvalue weighted by Gasteiger charge is 2.47. The van der Waals surface area contributed by atoms with E-state index < -0.39 is 18.2 Å². The second-order valence-corrected chi connectivity index (χ2v) is 9.10. The minimum Gasteiger partial charge on any atom is -0.438 e. The van der Waals surface area contributed by atoms with Crippen LogP contribution >= 0.6 is 0 Å². The smallest absolute Gasteiger partial charge is 0.411 e. The quantitative estimate of drug-likeness (QED) is 0.325. The van der Waals surface area contributed by atoms with Crippen molar-refractivity contribution in [2.75, 3.05) is 10.6 Å². The summed E-state index contributed by atoms with van der Waals surface area (Å²) in [6, 6.07) is 31.9. The molecule has 0 bridgehead atoms. The number of carbonyl (C=O) groups excluding carboxylic acids is 3. The molecule has 1 saturated heterocycles. The van der Waals surface area contributed by atoms with Crippen molar-refractivity contribution in [3.63, 3.8) is 0 Å². The van der Waals surface area contributed by atoms with Gasteiger partial charge in [0, 0.05) is 16.9 Å². The minimum absolute atomic E-state index is 0.227. The first-order valence-electron chi connectivity index (χ1n) is 12.3. The molecule has 0 unspecified atom stereocenters. The standard InChI is InChI=1S/C31H27N3O4/c1-21-10-8-9-13-24(21)20-34-27(30(36)33-25-14-6-3-7-15-25)28(38-31(34)37)22-16-18-26(19-17-22)32-29(35)23-11-4-2-5-12-23/h2-19,27-28H,20H2,1H3,(H,32,35)(H,33,36)/t27-,28-/m0/s1. The topological polar surface area (TPSA) is 87.7 Å². The van der Waals surface area contributed by atoms with Gasteiger partial charge >= 0.3 is 6.09 Å². The van der Waals surface area contributed by atoms with Crippen molar-refractivity contribution in [2.45, 2.75) is 25.6 Å². The SMILES string of the molecule is Cc1ccccc1CN1C(=O)O[C@@H](c2ccc(NC(=O)c3ccccc3)cc2)[C@H]1C(=O)Nc1ccccc1. The maximum Gasteiger partial charge on any atom is 0.411 e. The van der Waals surface area contributed by atoms with Gasteiger partial charge in [0.05, 0.1) is 6.54 Å². The van der Waals surface area contributed by atoms with Gasteiger partial charge in [-0.15, -0.1) is 0 Å². The van der Waals surface area contributed by atoms with Gasteiger partial charge in [-0.05, 0) is 60.0 Å². The molecule has 0 aromatic heterocycles. The number of ether oxygens (including phenoxy) is 1. The number of hydrogen-bond donors (Lipinski definition) is 2. The van der Waals surface area contributed by atoms with E-state index in [1.165, 1.54) is 4.90 Å². The third-order valence-electron chi connectivity index (χ3n) is 6.53. The first-order chi connectivity index (χ1) is 18.5. The Bertz CT molecular complexity index is 1440. The molecule has 3 amide bonds. The number of amides is 3. The lowest BCUT2D eigenvalue weighted by Gasteiger charge is -2.25. The Balaban J connectivity index is 1.40. The second kappa shape index (κ2) is 11.0. The summed E-state index contributed by atoms with van der Waals surface area (Å²) < 4.78 is 5.77. The van der Waals surface area contributed by atoms with Crippen LogP contribution in [0.25, 0.3) is 0 Å². The van der Waals surface area contributed by atoms with E-state index in [0.717, 1.165) is 11.1 Å². The van der Waals surface area contributed by atoms with Gasteiger partial charge in [0.15, 0.2) is 12.1 Å². The first kappa shape index (κ1) is 24.8. The number of rotatable bonds is 7. The fourth-order valence-corrected chi connectivity index (χ4v) is 4.47. The zero-order chi connectivity index (χ0) is 26.5. The van der Waals surface area contributed by atoms with E-state index in [2.05, 4.69) is 10.6 Å². The Labute approximate surface area is 221 Å². The van der Waals surface area contributed by atoms with E-state index in [4.69, 9.17) is 4.74 Å². The minimum atomic E-state index is -0.896. The molecule has 7 heteroatoms. The Morgan fingerprint density at radius 3 is 2.05 bits per heavy atom. The van der Waals surface area contributed by atoms with E-state index in [0.29, 0.717) is 22.5 Å². The lowest BCUT2D eigenvalue weighted by molar-refractivity contribution is -0.121. The van der Waals surface area contributed by atoms with Crippen LogP contribution in [0.5, 0.6) is 0 Å². The highest BCUT2D eigenvalue weighted by molar-refractivity contribution is 6.04. The van der Waals surface area contributed by atoms with Gasteiger partial charge < -0.3 is 15.4 Å². The number of nitrogens with zero attached hydrogens (tertiary/aromatic N) is 1. The molecule has 38 heavy (non-hydrogen) atoms. The molecule has 190 valence electrons. The fourth-order valence-electron chi connectivity index (χ4n) is 4.47. The predicted octanol–water partition coefficient (Wildman–Crippen LogP) is 5.95. The highest BCUT2D eigenvalue weighted by atomic mass is 16.6. The molecular weight excluding hydrogens is 478 g/mol. The summed E-state index contributed by atoms with van der Waals surface area (Å²) in [5, 5.41) is 5.78. The van der Waals surface area contributed by atoms with Crippen molar-refractivity contribution in [3.8, 4) is 0 Å². The molecule has 7 nitrogen and oxygen atoms in total. The summed E-state index contributed by atoms with van der Waals surface area (Å²) in [6.07, 6.45) is -1.39. The van der Waals surface area contributed by atoms with Crippen LogP contribution in [0.4, 0.5) is 16.2 Å². The van der Waals surface area contributed by atoms with Gasteiger partial charge in [-0.3, -0.25) is 14.5 Å². The van der Waals surface area contributed by atoms with Crippen LogP contribution in [0.15, 0.2) is 109 Å². The molecule has 5 rings (SSSR count). The number of hydrogen-bond acceptors (Lipinski definition) is 4. The average Bonchev–Trinajstić information content (AvgIpc) is 3.27. The summed E-state index contributed by atoms with van der Waals surface area (Å²) in [5.41, 5.74) is 4.37. The van der Waals surface area contributed by atoms with Crippen LogP contribution in [0.1, 0.15) is 33.2 Å². The third kappa shape index (κ3) is 5.42. The van der Waals surface area contributed by atoms with Gasteiger partial charge in [-0.1, -0.05) is 72.8 Å². The molecule has 4 aromatic rings. The molecule has 1 heterocycles. The summed E-state index contributed by atoms with van der Waals surface area (Å²) in [6.45, 7) is 2.20. The zero-order valence-electron chi connectivity index (χ0n) is 20.8. The van der Waals surface area contributed by atoms with E-state index >= 15 is 0 Å². The van der Waals surface area contributed by atoms with Crippen LogP contribution in [-0.4, -0.2) is 28.8 Å². The number of para-hydroxylation sites is 1. The molecule has 4 aromatic carbocycles. The van der Waals surface area contributed by atoms with Crippen molar-refractivity contribution >= 4 is 29.3 Å². The second-order valence-electron chi connectivity index (χ2n) is 9.10.